The summed E-state index contributed by atoms with van der Waals surface area (Å²) < 4.78 is 3.03. The third-order valence-corrected chi connectivity index (χ3v) is 6.33. The highest BCUT2D eigenvalue weighted by Gasteiger charge is 2.15. The van der Waals surface area contributed by atoms with Crippen LogP contribution in [0.3, 0.4) is 0 Å². The topological polar surface area (TPSA) is 59.8 Å². The minimum atomic E-state index is -0.0617. The molecule has 0 saturated carbocycles. The Bertz CT molecular complexity index is 889. The Morgan fingerprint density at radius 3 is 2.69 bits per heavy atom. The van der Waals surface area contributed by atoms with E-state index < -0.39 is 0 Å². The summed E-state index contributed by atoms with van der Waals surface area (Å²) in [6, 6.07) is 9.68. The summed E-state index contributed by atoms with van der Waals surface area (Å²) in [6.45, 7) is 4.97. The highest BCUT2D eigenvalue weighted by molar-refractivity contribution is 9.10. The van der Waals surface area contributed by atoms with E-state index in [1.54, 1.807) is 11.3 Å². The third-order valence-electron chi connectivity index (χ3n) is 3.75. The van der Waals surface area contributed by atoms with Gasteiger partial charge >= 0.3 is 0 Å². The third kappa shape index (κ3) is 4.55. The van der Waals surface area contributed by atoms with Crippen LogP contribution in [0, 0.1) is 0 Å². The molecule has 0 aliphatic carbocycles. The van der Waals surface area contributed by atoms with Crippen molar-refractivity contribution in [3.63, 3.8) is 0 Å². The number of aromatic nitrogens is 3. The van der Waals surface area contributed by atoms with Crippen LogP contribution in [0.25, 0.3) is 11.4 Å². The minimum Gasteiger partial charge on any atom is -0.325 e. The van der Waals surface area contributed by atoms with Gasteiger partial charge in [0.15, 0.2) is 11.0 Å². The molecule has 5 nitrogen and oxygen atoms in total. The Hall–Kier alpha value is -1.64. The van der Waals surface area contributed by atoms with Gasteiger partial charge in [-0.3, -0.25) is 4.79 Å². The Morgan fingerprint density at radius 2 is 2.04 bits per heavy atom. The standard InChI is InChI=1S/C18H19BrN4OS2/c1-3-15-9-12(10-25-15)17-21-22-18(23(17)4-2)26-11-16(24)20-14-7-5-13(19)6-8-14/h5-10H,3-4,11H2,1-2H3,(H,20,24). The zero-order valence-corrected chi connectivity index (χ0v) is 17.7. The van der Waals surface area contributed by atoms with E-state index in [9.17, 15) is 4.79 Å². The molecule has 0 bridgehead atoms. The molecule has 2 heterocycles. The fraction of sp³-hybridized carbons (Fsp3) is 0.278. The molecule has 136 valence electrons. The van der Waals surface area contributed by atoms with Crippen LogP contribution in [0.5, 0.6) is 0 Å². The van der Waals surface area contributed by atoms with Crippen molar-refractivity contribution in [2.75, 3.05) is 11.1 Å². The fourth-order valence-electron chi connectivity index (χ4n) is 2.44. The van der Waals surface area contributed by atoms with Gasteiger partial charge in [0.1, 0.15) is 0 Å². The van der Waals surface area contributed by atoms with E-state index in [-0.39, 0.29) is 11.7 Å². The van der Waals surface area contributed by atoms with Crippen molar-refractivity contribution in [1.82, 2.24) is 14.8 Å². The highest BCUT2D eigenvalue weighted by atomic mass is 79.9. The van der Waals surface area contributed by atoms with Gasteiger partial charge in [0.2, 0.25) is 5.91 Å². The number of thioether (sulfide) groups is 1. The van der Waals surface area contributed by atoms with Crippen LogP contribution >= 0.6 is 39.0 Å². The highest BCUT2D eigenvalue weighted by Crippen LogP contribution is 2.28. The summed E-state index contributed by atoms with van der Waals surface area (Å²) in [5.41, 5.74) is 1.87. The average Bonchev–Trinajstić information content (AvgIpc) is 3.27. The number of carbonyl (C=O) groups is 1. The zero-order chi connectivity index (χ0) is 18.5. The molecule has 1 amide bonds. The maximum absolute atomic E-state index is 12.2. The fourth-order valence-corrected chi connectivity index (χ4v) is 4.32. The number of benzene rings is 1. The first-order valence-electron chi connectivity index (χ1n) is 8.30. The SMILES string of the molecule is CCc1cc(-c2nnc(SCC(=O)Nc3ccc(Br)cc3)n2CC)cs1. The molecule has 2 aromatic heterocycles. The monoisotopic (exact) mass is 450 g/mol. The summed E-state index contributed by atoms with van der Waals surface area (Å²) in [5.74, 6) is 1.09. The molecule has 1 N–H and O–H groups in total. The smallest absolute Gasteiger partial charge is 0.234 e. The number of nitrogens with one attached hydrogen (secondary N) is 1. The number of halogens is 1. The Labute approximate surface area is 169 Å². The lowest BCUT2D eigenvalue weighted by molar-refractivity contribution is -0.113. The van der Waals surface area contributed by atoms with E-state index in [4.69, 9.17) is 0 Å². The van der Waals surface area contributed by atoms with Crippen LogP contribution in [0.15, 0.2) is 45.3 Å². The van der Waals surface area contributed by atoms with Crippen LogP contribution in [-0.2, 0) is 17.8 Å². The molecule has 3 aromatic rings. The first-order valence-corrected chi connectivity index (χ1v) is 11.0. The number of hydrogen-bond donors (Lipinski definition) is 1. The molecule has 0 unspecified atom stereocenters. The minimum absolute atomic E-state index is 0.0617. The molecule has 0 saturated heterocycles. The Balaban J connectivity index is 1.66. The summed E-state index contributed by atoms with van der Waals surface area (Å²) in [4.78, 5) is 13.5. The van der Waals surface area contributed by atoms with Crippen molar-refractivity contribution in [2.45, 2.75) is 32.0 Å². The van der Waals surface area contributed by atoms with Crippen LogP contribution in [0.4, 0.5) is 5.69 Å². The number of nitrogens with zero attached hydrogens (tertiary/aromatic N) is 3. The Morgan fingerprint density at radius 1 is 1.27 bits per heavy atom. The normalized spacial score (nSPS) is 10.9. The first-order chi connectivity index (χ1) is 12.6. The average molecular weight is 451 g/mol. The molecular formula is C18H19BrN4OS2. The van der Waals surface area contributed by atoms with E-state index in [0.29, 0.717) is 0 Å². The molecule has 0 spiro atoms. The van der Waals surface area contributed by atoms with Gasteiger partial charge in [-0.1, -0.05) is 34.6 Å². The molecule has 0 radical (unpaired) electrons. The first kappa shape index (κ1) is 19.1. The summed E-state index contributed by atoms with van der Waals surface area (Å²) in [7, 11) is 0. The lowest BCUT2D eigenvalue weighted by Gasteiger charge is -2.07. The number of aryl methyl sites for hydroxylation is 1. The molecule has 0 fully saturated rings. The van der Waals surface area contributed by atoms with Crippen LogP contribution < -0.4 is 5.32 Å². The van der Waals surface area contributed by atoms with Crippen molar-refractivity contribution >= 4 is 50.6 Å². The number of rotatable bonds is 7. The second kappa shape index (κ2) is 8.83. The molecule has 1 aromatic carbocycles. The number of anilines is 1. The quantitative estimate of drug-likeness (QED) is 0.509. The van der Waals surface area contributed by atoms with Crippen molar-refractivity contribution in [2.24, 2.45) is 0 Å². The molecule has 0 aliphatic rings. The van der Waals surface area contributed by atoms with Gasteiger partial charge < -0.3 is 9.88 Å². The van der Waals surface area contributed by atoms with E-state index in [1.807, 2.05) is 24.3 Å². The van der Waals surface area contributed by atoms with Gasteiger partial charge in [-0.2, -0.15) is 0 Å². The van der Waals surface area contributed by atoms with Gasteiger partial charge in [0.25, 0.3) is 0 Å². The number of hydrogen-bond acceptors (Lipinski definition) is 5. The summed E-state index contributed by atoms with van der Waals surface area (Å²) in [6.07, 6.45) is 1.02. The van der Waals surface area contributed by atoms with Crippen LogP contribution in [-0.4, -0.2) is 26.4 Å². The summed E-state index contributed by atoms with van der Waals surface area (Å²) >= 11 is 6.52. The van der Waals surface area contributed by atoms with E-state index in [1.165, 1.54) is 16.6 Å². The molecule has 0 aliphatic heterocycles. The van der Waals surface area contributed by atoms with Crippen molar-refractivity contribution < 1.29 is 4.79 Å². The lowest BCUT2D eigenvalue weighted by Crippen LogP contribution is -2.14. The van der Waals surface area contributed by atoms with Crippen molar-refractivity contribution in [1.29, 1.82) is 0 Å². The number of thiophene rings is 1. The van der Waals surface area contributed by atoms with Crippen molar-refractivity contribution in [3.05, 3.63) is 45.1 Å². The van der Waals surface area contributed by atoms with Crippen LogP contribution in [0.1, 0.15) is 18.7 Å². The van der Waals surface area contributed by atoms with Gasteiger partial charge in [-0.15, -0.1) is 21.5 Å². The van der Waals surface area contributed by atoms with Crippen molar-refractivity contribution in [3.8, 4) is 11.4 Å². The van der Waals surface area contributed by atoms with E-state index in [2.05, 4.69) is 61.3 Å². The molecule has 26 heavy (non-hydrogen) atoms. The largest absolute Gasteiger partial charge is 0.325 e. The molecular weight excluding hydrogens is 432 g/mol. The van der Waals surface area contributed by atoms with Gasteiger partial charge in [-0.25, -0.2) is 0 Å². The second-order valence-corrected chi connectivity index (χ2v) is 8.40. The van der Waals surface area contributed by atoms with Crippen LogP contribution in [0.2, 0.25) is 0 Å². The number of amides is 1. The van der Waals surface area contributed by atoms with Gasteiger partial charge in [-0.05, 0) is 43.7 Å². The predicted molar refractivity (Wildman–Crippen MR) is 112 cm³/mol. The zero-order valence-electron chi connectivity index (χ0n) is 14.5. The van der Waals surface area contributed by atoms with E-state index in [0.717, 1.165) is 39.7 Å². The van der Waals surface area contributed by atoms with E-state index >= 15 is 0 Å². The number of carbonyl (C=O) groups excluding carboxylic acids is 1. The maximum Gasteiger partial charge on any atom is 0.234 e. The molecule has 3 rings (SSSR count). The molecule has 8 heteroatoms. The Kier molecular flexibility index (Phi) is 6.50. The predicted octanol–water partition coefficient (Wildman–Crippen LogP) is 5.08. The van der Waals surface area contributed by atoms with Gasteiger partial charge in [0, 0.05) is 32.5 Å². The molecule has 0 atom stereocenters. The summed E-state index contributed by atoms with van der Waals surface area (Å²) in [5, 5.41) is 14.4. The lowest BCUT2D eigenvalue weighted by atomic mass is 10.2. The second-order valence-electron chi connectivity index (χ2n) is 5.55. The van der Waals surface area contributed by atoms with Gasteiger partial charge in [0.05, 0.1) is 5.75 Å². The maximum atomic E-state index is 12.2.